The van der Waals surface area contributed by atoms with Gasteiger partial charge in [0.1, 0.15) is 4.88 Å². The highest BCUT2D eigenvalue weighted by molar-refractivity contribution is 7.13. The van der Waals surface area contributed by atoms with Crippen LogP contribution in [0.2, 0.25) is 0 Å². The number of rotatable bonds is 2. The summed E-state index contributed by atoms with van der Waals surface area (Å²) in [5.74, 6) is -0.114. The van der Waals surface area contributed by atoms with Crippen molar-refractivity contribution in [2.45, 2.75) is 27.7 Å². The van der Waals surface area contributed by atoms with Crippen LogP contribution in [0.4, 0.5) is 5.69 Å². The molecule has 2 heterocycles. The van der Waals surface area contributed by atoms with Crippen molar-refractivity contribution < 1.29 is 4.79 Å². The van der Waals surface area contributed by atoms with Crippen LogP contribution in [-0.2, 0) is 7.05 Å². The summed E-state index contributed by atoms with van der Waals surface area (Å²) in [7, 11) is 1.86. The molecule has 0 fully saturated rings. The van der Waals surface area contributed by atoms with Crippen molar-refractivity contribution in [1.82, 2.24) is 14.8 Å². The molecular formula is C12H16N4OS. The number of carbonyl (C=O) groups excluding carboxylic acids is 1. The fourth-order valence-electron chi connectivity index (χ4n) is 1.87. The Balaban J connectivity index is 2.29. The molecule has 0 aliphatic carbocycles. The number of nitrogens with zero attached hydrogens (tertiary/aromatic N) is 3. The average molecular weight is 264 g/mol. The number of carbonyl (C=O) groups is 1. The van der Waals surface area contributed by atoms with E-state index < -0.39 is 0 Å². The Labute approximate surface area is 110 Å². The van der Waals surface area contributed by atoms with Gasteiger partial charge in [0.15, 0.2) is 0 Å². The van der Waals surface area contributed by atoms with Gasteiger partial charge in [-0.05, 0) is 27.7 Å². The summed E-state index contributed by atoms with van der Waals surface area (Å²) in [6.45, 7) is 7.56. The number of hydrogen-bond donors (Lipinski definition) is 1. The maximum atomic E-state index is 12.2. The first-order chi connectivity index (χ1) is 8.40. The van der Waals surface area contributed by atoms with Crippen molar-refractivity contribution in [1.29, 1.82) is 0 Å². The Morgan fingerprint density at radius 2 is 1.89 bits per heavy atom. The van der Waals surface area contributed by atoms with Crippen LogP contribution in [0.25, 0.3) is 0 Å². The molecule has 5 nitrogen and oxygen atoms in total. The van der Waals surface area contributed by atoms with Crippen molar-refractivity contribution in [3.05, 3.63) is 27.0 Å². The lowest BCUT2D eigenvalue weighted by Gasteiger charge is -2.04. The van der Waals surface area contributed by atoms with Crippen molar-refractivity contribution in [3.8, 4) is 0 Å². The molecule has 18 heavy (non-hydrogen) atoms. The molecule has 1 N–H and O–H groups in total. The second-order valence-corrected chi connectivity index (χ2v) is 5.47. The van der Waals surface area contributed by atoms with Gasteiger partial charge in [-0.2, -0.15) is 5.10 Å². The lowest BCUT2D eigenvalue weighted by Crippen LogP contribution is -2.12. The van der Waals surface area contributed by atoms with Gasteiger partial charge in [-0.3, -0.25) is 9.48 Å². The summed E-state index contributed by atoms with van der Waals surface area (Å²) >= 11 is 1.41. The number of amides is 1. The molecule has 0 radical (unpaired) electrons. The average Bonchev–Trinajstić information content (AvgIpc) is 2.73. The minimum atomic E-state index is -0.114. The van der Waals surface area contributed by atoms with Gasteiger partial charge < -0.3 is 5.32 Å². The number of aromatic nitrogens is 3. The van der Waals surface area contributed by atoms with E-state index in [0.717, 1.165) is 27.8 Å². The molecule has 96 valence electrons. The number of anilines is 1. The maximum Gasteiger partial charge on any atom is 0.267 e. The first kappa shape index (κ1) is 12.8. The molecular weight excluding hydrogens is 248 g/mol. The monoisotopic (exact) mass is 264 g/mol. The van der Waals surface area contributed by atoms with E-state index in [-0.39, 0.29) is 5.91 Å². The van der Waals surface area contributed by atoms with Crippen LogP contribution in [0, 0.1) is 27.7 Å². The molecule has 1 amide bonds. The third-order valence-corrected chi connectivity index (χ3v) is 3.93. The van der Waals surface area contributed by atoms with E-state index in [9.17, 15) is 4.79 Å². The van der Waals surface area contributed by atoms with Crippen LogP contribution in [0.5, 0.6) is 0 Å². The van der Waals surface area contributed by atoms with E-state index in [1.807, 2.05) is 34.7 Å². The topological polar surface area (TPSA) is 59.8 Å². The molecule has 0 aliphatic rings. The number of thiazole rings is 1. The summed E-state index contributed by atoms with van der Waals surface area (Å²) in [6.07, 6.45) is 0. The highest BCUT2D eigenvalue weighted by atomic mass is 32.1. The van der Waals surface area contributed by atoms with Gasteiger partial charge in [-0.25, -0.2) is 4.98 Å². The summed E-state index contributed by atoms with van der Waals surface area (Å²) in [6, 6.07) is 0. The third kappa shape index (κ3) is 2.15. The highest BCUT2D eigenvalue weighted by Crippen LogP contribution is 2.22. The lowest BCUT2D eigenvalue weighted by molar-refractivity contribution is 0.102. The predicted octanol–water partition coefficient (Wildman–Crippen LogP) is 2.36. The van der Waals surface area contributed by atoms with Gasteiger partial charge in [0.25, 0.3) is 5.91 Å². The summed E-state index contributed by atoms with van der Waals surface area (Å²) in [4.78, 5) is 17.1. The normalized spacial score (nSPS) is 10.7. The fourth-order valence-corrected chi connectivity index (χ4v) is 2.68. The van der Waals surface area contributed by atoms with Gasteiger partial charge in [0.2, 0.25) is 0 Å². The van der Waals surface area contributed by atoms with Crippen molar-refractivity contribution >= 4 is 22.9 Å². The highest BCUT2D eigenvalue weighted by Gasteiger charge is 2.17. The molecule has 0 atom stereocenters. The standard InChI is InChI=1S/C12H16N4OS/c1-6-10(8(3)16(5)15-6)14-12(17)11-7(2)13-9(4)18-11/h1-5H3,(H,14,17). The van der Waals surface area contributed by atoms with E-state index in [4.69, 9.17) is 0 Å². The molecule has 2 aromatic rings. The van der Waals surface area contributed by atoms with Gasteiger partial charge in [-0.15, -0.1) is 11.3 Å². The zero-order valence-electron chi connectivity index (χ0n) is 11.2. The summed E-state index contributed by atoms with van der Waals surface area (Å²) in [5.41, 5.74) is 3.32. The van der Waals surface area contributed by atoms with E-state index >= 15 is 0 Å². The zero-order chi connectivity index (χ0) is 13.4. The maximum absolute atomic E-state index is 12.2. The van der Waals surface area contributed by atoms with Crippen LogP contribution in [0.15, 0.2) is 0 Å². The van der Waals surface area contributed by atoms with E-state index in [1.165, 1.54) is 11.3 Å². The van der Waals surface area contributed by atoms with E-state index in [2.05, 4.69) is 15.4 Å². The van der Waals surface area contributed by atoms with Crippen LogP contribution >= 0.6 is 11.3 Å². The fraction of sp³-hybridized carbons (Fsp3) is 0.417. The SMILES string of the molecule is Cc1nc(C)c(C(=O)Nc2c(C)nn(C)c2C)s1. The first-order valence-electron chi connectivity index (χ1n) is 5.65. The summed E-state index contributed by atoms with van der Waals surface area (Å²) < 4.78 is 1.76. The minimum absolute atomic E-state index is 0.114. The van der Waals surface area contributed by atoms with Crippen molar-refractivity contribution in [3.63, 3.8) is 0 Å². The van der Waals surface area contributed by atoms with Gasteiger partial charge >= 0.3 is 0 Å². The Hall–Kier alpha value is -1.69. The largest absolute Gasteiger partial charge is 0.318 e. The molecule has 0 saturated carbocycles. The molecule has 2 rings (SSSR count). The van der Waals surface area contributed by atoms with Crippen molar-refractivity contribution in [2.24, 2.45) is 7.05 Å². The quantitative estimate of drug-likeness (QED) is 0.905. The third-order valence-electron chi connectivity index (χ3n) is 2.86. The Kier molecular flexibility index (Phi) is 3.21. The molecule has 0 aliphatic heterocycles. The number of hydrogen-bond acceptors (Lipinski definition) is 4. The Bertz CT molecular complexity index is 612. The predicted molar refractivity (Wildman–Crippen MR) is 72.2 cm³/mol. The second kappa shape index (κ2) is 4.53. The second-order valence-electron chi connectivity index (χ2n) is 4.27. The van der Waals surface area contributed by atoms with Gasteiger partial charge in [0.05, 0.1) is 27.8 Å². The molecule has 6 heteroatoms. The lowest BCUT2D eigenvalue weighted by atomic mass is 10.3. The number of nitrogens with one attached hydrogen (secondary N) is 1. The van der Waals surface area contributed by atoms with Crippen LogP contribution in [0.3, 0.4) is 0 Å². The molecule has 2 aromatic heterocycles. The molecule has 0 saturated heterocycles. The zero-order valence-corrected chi connectivity index (χ0v) is 12.0. The van der Waals surface area contributed by atoms with Gasteiger partial charge in [0, 0.05) is 7.05 Å². The molecule has 0 bridgehead atoms. The molecule has 0 aromatic carbocycles. The smallest absolute Gasteiger partial charge is 0.267 e. The van der Waals surface area contributed by atoms with Crippen molar-refractivity contribution in [2.75, 3.05) is 5.32 Å². The first-order valence-corrected chi connectivity index (χ1v) is 6.47. The molecule has 0 unspecified atom stereocenters. The van der Waals surface area contributed by atoms with Crippen LogP contribution in [-0.4, -0.2) is 20.7 Å². The van der Waals surface area contributed by atoms with E-state index in [1.54, 1.807) is 4.68 Å². The summed E-state index contributed by atoms with van der Waals surface area (Å²) in [5, 5.41) is 8.09. The molecule has 0 spiro atoms. The Morgan fingerprint density at radius 3 is 2.33 bits per heavy atom. The minimum Gasteiger partial charge on any atom is -0.318 e. The number of aryl methyl sites for hydroxylation is 4. The van der Waals surface area contributed by atoms with Gasteiger partial charge in [-0.1, -0.05) is 0 Å². The van der Waals surface area contributed by atoms with Crippen LogP contribution in [0.1, 0.15) is 31.8 Å². The van der Waals surface area contributed by atoms with E-state index in [0.29, 0.717) is 4.88 Å². The van der Waals surface area contributed by atoms with Crippen LogP contribution < -0.4 is 5.32 Å². The Morgan fingerprint density at radius 1 is 1.22 bits per heavy atom.